The van der Waals surface area contributed by atoms with Crippen molar-refractivity contribution in [3.05, 3.63) is 47.9 Å². The molecule has 0 bridgehead atoms. The minimum Gasteiger partial charge on any atom is -0.459 e. The third-order valence-electron chi connectivity index (χ3n) is 6.12. The quantitative estimate of drug-likeness (QED) is 0.642. The van der Waals surface area contributed by atoms with Crippen LogP contribution in [0.25, 0.3) is 0 Å². The van der Waals surface area contributed by atoms with Crippen molar-refractivity contribution >= 4 is 29.3 Å². The van der Waals surface area contributed by atoms with Crippen molar-refractivity contribution in [3.8, 4) is 0 Å². The maximum Gasteiger partial charge on any atom is 0.414 e. The Hall–Kier alpha value is -3.56. The van der Waals surface area contributed by atoms with Gasteiger partial charge in [-0.25, -0.2) is 9.18 Å². The molecule has 0 unspecified atom stereocenters. The SMILES string of the molecule is CCc1ccoc1C(=O)N[C@@H]1[C@@H](F)CCCN1c1ccc(N2C[C@H](CNC(C)=O)OC2=O)cc1. The molecule has 0 radical (unpaired) electrons. The van der Waals surface area contributed by atoms with Crippen molar-refractivity contribution in [1.82, 2.24) is 10.6 Å². The minimum atomic E-state index is -1.24. The molecule has 1 aromatic heterocycles. The van der Waals surface area contributed by atoms with Gasteiger partial charge in [-0.15, -0.1) is 0 Å². The summed E-state index contributed by atoms with van der Waals surface area (Å²) in [6.07, 6.45) is 0.120. The lowest BCUT2D eigenvalue weighted by Gasteiger charge is -2.39. The van der Waals surface area contributed by atoms with Gasteiger partial charge in [-0.05, 0) is 49.6 Å². The fraction of sp³-hybridized carbons (Fsp3) is 0.458. The molecular formula is C24H29FN4O5. The molecule has 2 fully saturated rings. The third-order valence-corrected chi connectivity index (χ3v) is 6.12. The van der Waals surface area contributed by atoms with Crippen LogP contribution in [-0.4, -0.2) is 56.0 Å². The third kappa shape index (κ3) is 5.00. The molecule has 2 aliphatic heterocycles. The number of carbonyl (C=O) groups is 3. The van der Waals surface area contributed by atoms with Gasteiger partial charge in [0.1, 0.15) is 18.4 Å². The van der Waals surface area contributed by atoms with E-state index in [0.717, 1.165) is 11.3 Å². The summed E-state index contributed by atoms with van der Waals surface area (Å²) in [5, 5.41) is 5.45. The van der Waals surface area contributed by atoms with Crippen molar-refractivity contribution in [2.45, 2.75) is 51.6 Å². The summed E-state index contributed by atoms with van der Waals surface area (Å²) in [6.45, 7) is 4.47. The number of aryl methyl sites for hydroxylation is 1. The van der Waals surface area contributed by atoms with Crippen molar-refractivity contribution < 1.29 is 27.9 Å². The fourth-order valence-electron chi connectivity index (χ4n) is 4.34. The Bertz CT molecular complexity index is 1040. The van der Waals surface area contributed by atoms with Crippen LogP contribution in [0.4, 0.5) is 20.6 Å². The number of ether oxygens (including phenoxy) is 1. The van der Waals surface area contributed by atoms with Crippen LogP contribution in [0.1, 0.15) is 42.8 Å². The van der Waals surface area contributed by atoms with Crippen molar-refractivity contribution in [2.24, 2.45) is 0 Å². The zero-order valence-electron chi connectivity index (χ0n) is 19.3. The molecule has 2 N–H and O–H groups in total. The largest absolute Gasteiger partial charge is 0.459 e. The second-order valence-corrected chi connectivity index (χ2v) is 8.47. The van der Waals surface area contributed by atoms with Gasteiger partial charge in [0.15, 0.2) is 5.76 Å². The number of piperidine rings is 1. The van der Waals surface area contributed by atoms with Gasteiger partial charge in [-0.1, -0.05) is 6.92 Å². The summed E-state index contributed by atoms with van der Waals surface area (Å²) < 4.78 is 25.6. The predicted molar refractivity (Wildman–Crippen MR) is 124 cm³/mol. The summed E-state index contributed by atoms with van der Waals surface area (Å²) in [6, 6.07) is 8.86. The van der Waals surface area contributed by atoms with Crippen LogP contribution in [0.2, 0.25) is 0 Å². The standard InChI is InChI=1S/C24H29FN4O5/c1-3-16-10-12-33-21(16)23(31)27-22-20(25)5-4-11-28(22)17-6-8-18(9-7-17)29-14-19(34-24(29)32)13-26-15(2)30/h6-10,12,19-20,22H,3-5,11,13-14H2,1-2H3,(H,26,30)(H,27,31)/t19-,20-,22-/m0/s1. The van der Waals surface area contributed by atoms with Crippen molar-refractivity contribution in [3.63, 3.8) is 0 Å². The molecule has 9 nitrogen and oxygen atoms in total. The molecular weight excluding hydrogens is 443 g/mol. The Morgan fingerprint density at radius 1 is 1.18 bits per heavy atom. The molecule has 10 heteroatoms. The molecule has 1 aromatic carbocycles. The number of furan rings is 1. The average Bonchev–Trinajstić information content (AvgIpc) is 3.45. The highest BCUT2D eigenvalue weighted by Crippen LogP contribution is 2.29. The summed E-state index contributed by atoms with van der Waals surface area (Å²) >= 11 is 0. The number of amides is 3. The van der Waals surface area contributed by atoms with E-state index in [4.69, 9.17) is 9.15 Å². The Morgan fingerprint density at radius 2 is 1.91 bits per heavy atom. The first kappa shape index (κ1) is 23.6. The number of cyclic esters (lactones) is 1. The molecule has 0 saturated carbocycles. The van der Waals surface area contributed by atoms with Gasteiger partial charge < -0.3 is 24.7 Å². The number of nitrogens with one attached hydrogen (secondary N) is 2. The number of carbonyl (C=O) groups excluding carboxylic acids is 3. The number of rotatable bonds is 7. The van der Waals surface area contributed by atoms with Gasteiger partial charge in [0.25, 0.3) is 5.91 Å². The van der Waals surface area contributed by atoms with Gasteiger partial charge >= 0.3 is 6.09 Å². The van der Waals surface area contributed by atoms with Crippen LogP contribution in [0.5, 0.6) is 0 Å². The van der Waals surface area contributed by atoms with Gasteiger partial charge in [-0.2, -0.15) is 0 Å². The zero-order valence-corrected chi connectivity index (χ0v) is 19.3. The molecule has 3 amide bonds. The average molecular weight is 473 g/mol. The molecule has 4 rings (SSSR count). The number of halogens is 1. The zero-order chi connectivity index (χ0) is 24.2. The molecule has 2 aromatic rings. The fourth-order valence-corrected chi connectivity index (χ4v) is 4.34. The monoisotopic (exact) mass is 472 g/mol. The molecule has 182 valence electrons. The highest BCUT2D eigenvalue weighted by Gasteiger charge is 2.35. The predicted octanol–water partition coefficient (Wildman–Crippen LogP) is 3.00. The number of anilines is 2. The van der Waals surface area contributed by atoms with E-state index >= 15 is 0 Å². The molecule has 3 atom stereocenters. The minimum absolute atomic E-state index is 0.189. The number of benzene rings is 1. The first-order valence-corrected chi connectivity index (χ1v) is 11.5. The van der Waals surface area contributed by atoms with Gasteiger partial charge in [0.2, 0.25) is 5.91 Å². The maximum atomic E-state index is 14.9. The first-order valence-electron chi connectivity index (χ1n) is 11.5. The van der Waals surface area contributed by atoms with E-state index in [2.05, 4.69) is 10.6 Å². The van der Waals surface area contributed by atoms with Crippen molar-refractivity contribution in [1.29, 1.82) is 0 Å². The number of hydrogen-bond acceptors (Lipinski definition) is 6. The lowest BCUT2D eigenvalue weighted by molar-refractivity contribution is -0.119. The van der Waals surface area contributed by atoms with Crippen LogP contribution in [-0.2, 0) is 16.0 Å². The highest BCUT2D eigenvalue weighted by atomic mass is 19.1. The number of nitrogens with zero attached hydrogens (tertiary/aromatic N) is 2. The Labute approximate surface area is 197 Å². The number of alkyl halides is 1. The van der Waals surface area contributed by atoms with Gasteiger partial charge in [-0.3, -0.25) is 14.5 Å². The number of hydrogen-bond donors (Lipinski definition) is 2. The van der Waals surface area contributed by atoms with E-state index in [9.17, 15) is 18.8 Å². The molecule has 0 aliphatic carbocycles. The van der Waals surface area contributed by atoms with E-state index in [-0.39, 0.29) is 18.2 Å². The summed E-state index contributed by atoms with van der Waals surface area (Å²) in [4.78, 5) is 39.5. The van der Waals surface area contributed by atoms with Gasteiger partial charge in [0.05, 0.1) is 19.4 Å². The second kappa shape index (κ2) is 10.1. The van der Waals surface area contributed by atoms with Crippen LogP contribution in [0.3, 0.4) is 0 Å². The van der Waals surface area contributed by atoms with E-state index < -0.39 is 30.4 Å². The van der Waals surface area contributed by atoms with Crippen LogP contribution in [0, 0.1) is 0 Å². The Kier molecular flexibility index (Phi) is 7.04. The molecule has 34 heavy (non-hydrogen) atoms. The van der Waals surface area contributed by atoms with Gasteiger partial charge in [0, 0.05) is 30.4 Å². The molecule has 2 aliphatic rings. The maximum absolute atomic E-state index is 14.9. The lowest BCUT2D eigenvalue weighted by Crippen LogP contribution is -2.56. The molecule has 3 heterocycles. The highest BCUT2D eigenvalue weighted by molar-refractivity contribution is 5.93. The first-order chi connectivity index (χ1) is 16.4. The van der Waals surface area contributed by atoms with E-state index in [1.807, 2.05) is 11.8 Å². The van der Waals surface area contributed by atoms with E-state index in [0.29, 0.717) is 38.0 Å². The van der Waals surface area contributed by atoms with E-state index in [1.165, 1.54) is 18.1 Å². The smallest absolute Gasteiger partial charge is 0.414 e. The summed E-state index contributed by atoms with van der Waals surface area (Å²) in [5.74, 6) is -0.425. The Balaban J connectivity index is 1.46. The normalized spacial score (nSPS) is 22.4. The second-order valence-electron chi connectivity index (χ2n) is 8.47. The Morgan fingerprint density at radius 3 is 2.62 bits per heavy atom. The van der Waals surface area contributed by atoms with E-state index in [1.54, 1.807) is 30.3 Å². The summed E-state index contributed by atoms with van der Waals surface area (Å²) in [7, 11) is 0. The topological polar surface area (TPSA) is 104 Å². The van der Waals surface area contributed by atoms with Crippen LogP contribution >= 0.6 is 0 Å². The van der Waals surface area contributed by atoms with Crippen LogP contribution < -0.4 is 20.4 Å². The molecule has 2 saturated heterocycles. The lowest BCUT2D eigenvalue weighted by atomic mass is 10.0. The summed E-state index contributed by atoms with van der Waals surface area (Å²) in [5.41, 5.74) is 2.14. The molecule has 0 spiro atoms. The van der Waals surface area contributed by atoms with Crippen molar-refractivity contribution in [2.75, 3.05) is 29.4 Å². The van der Waals surface area contributed by atoms with Crippen LogP contribution in [0.15, 0.2) is 41.0 Å².